The van der Waals surface area contributed by atoms with Gasteiger partial charge >= 0.3 is 0 Å². The fourth-order valence-corrected chi connectivity index (χ4v) is 3.00. The number of hydrogen-bond donors (Lipinski definition) is 2. The smallest absolute Gasteiger partial charge is 0.261 e. The molecule has 3 aromatic rings. The van der Waals surface area contributed by atoms with Crippen molar-refractivity contribution in [3.63, 3.8) is 0 Å². The molecule has 28 heavy (non-hydrogen) atoms. The van der Waals surface area contributed by atoms with E-state index in [0.717, 1.165) is 22.9 Å². The predicted octanol–water partition coefficient (Wildman–Crippen LogP) is 5.39. The topological polar surface area (TPSA) is 50.4 Å². The lowest BCUT2D eigenvalue weighted by Crippen LogP contribution is -2.34. The van der Waals surface area contributed by atoms with E-state index in [-0.39, 0.29) is 11.0 Å². The fraction of sp³-hybridized carbons (Fsp3) is 0.217. The standard InChI is InChI=1S/C23H24N2O2S/c1-16(2)13-14-27-21-10-6-5-9-20(21)22(26)25-23(28)24-19-12-11-17-7-3-4-8-18(17)15-19/h3-12,15-16H,13-14H2,1-2H3,(H2,24,25,26,28). The highest BCUT2D eigenvalue weighted by Gasteiger charge is 2.14. The minimum atomic E-state index is -0.293. The van der Waals surface area contributed by atoms with Crippen LogP contribution in [0.4, 0.5) is 5.69 Å². The molecule has 0 aliphatic carbocycles. The number of anilines is 1. The van der Waals surface area contributed by atoms with Crippen LogP contribution in [0, 0.1) is 5.92 Å². The molecular formula is C23H24N2O2S. The quantitative estimate of drug-likeness (QED) is 0.552. The number of hydrogen-bond acceptors (Lipinski definition) is 3. The summed E-state index contributed by atoms with van der Waals surface area (Å²) >= 11 is 5.32. The highest BCUT2D eigenvalue weighted by atomic mass is 32.1. The number of carbonyl (C=O) groups is 1. The molecule has 0 bridgehead atoms. The normalized spacial score (nSPS) is 10.7. The molecule has 0 aromatic heterocycles. The third kappa shape index (κ3) is 5.30. The molecule has 0 fully saturated rings. The van der Waals surface area contributed by atoms with Gasteiger partial charge in [0.05, 0.1) is 12.2 Å². The second kappa shape index (κ2) is 9.33. The molecule has 0 saturated heterocycles. The molecule has 0 aliphatic rings. The minimum Gasteiger partial charge on any atom is -0.493 e. The summed E-state index contributed by atoms with van der Waals surface area (Å²) in [5, 5.41) is 8.30. The van der Waals surface area contributed by atoms with Gasteiger partial charge < -0.3 is 10.1 Å². The number of rotatable bonds is 6. The summed E-state index contributed by atoms with van der Waals surface area (Å²) in [6.45, 7) is 4.85. The van der Waals surface area contributed by atoms with Crippen LogP contribution in [0.2, 0.25) is 0 Å². The molecule has 144 valence electrons. The summed E-state index contributed by atoms with van der Waals surface area (Å²) in [5.74, 6) is 0.812. The van der Waals surface area contributed by atoms with Crippen LogP contribution in [-0.2, 0) is 0 Å². The van der Waals surface area contributed by atoms with E-state index >= 15 is 0 Å². The molecule has 3 rings (SSSR count). The zero-order valence-corrected chi connectivity index (χ0v) is 16.9. The van der Waals surface area contributed by atoms with E-state index in [2.05, 4.69) is 30.5 Å². The summed E-state index contributed by atoms with van der Waals surface area (Å²) in [6.07, 6.45) is 0.928. The first-order valence-electron chi connectivity index (χ1n) is 9.36. The van der Waals surface area contributed by atoms with Crippen LogP contribution in [0.15, 0.2) is 66.7 Å². The van der Waals surface area contributed by atoms with Gasteiger partial charge in [0.1, 0.15) is 5.75 Å². The molecule has 3 aromatic carbocycles. The Kier molecular flexibility index (Phi) is 6.61. The number of carbonyl (C=O) groups excluding carboxylic acids is 1. The Balaban J connectivity index is 1.64. The van der Waals surface area contributed by atoms with E-state index in [1.54, 1.807) is 12.1 Å². The number of fused-ring (bicyclic) bond motifs is 1. The molecule has 0 spiro atoms. The molecule has 0 aliphatic heterocycles. The second-order valence-corrected chi connectivity index (χ2v) is 7.41. The average molecular weight is 393 g/mol. The Morgan fingerprint density at radius 2 is 1.71 bits per heavy atom. The van der Waals surface area contributed by atoms with Crippen LogP contribution < -0.4 is 15.4 Å². The molecule has 0 radical (unpaired) electrons. The van der Waals surface area contributed by atoms with Crippen LogP contribution in [0.1, 0.15) is 30.6 Å². The minimum absolute atomic E-state index is 0.247. The number of nitrogens with one attached hydrogen (secondary N) is 2. The van der Waals surface area contributed by atoms with Crippen LogP contribution in [-0.4, -0.2) is 17.6 Å². The first-order chi connectivity index (χ1) is 13.5. The van der Waals surface area contributed by atoms with E-state index in [1.165, 1.54) is 0 Å². The van der Waals surface area contributed by atoms with Gasteiger partial charge in [-0.2, -0.15) is 0 Å². The molecule has 1 amide bonds. The lowest BCUT2D eigenvalue weighted by Gasteiger charge is -2.14. The maximum absolute atomic E-state index is 12.7. The Labute approximate surface area is 170 Å². The van der Waals surface area contributed by atoms with Crippen LogP contribution >= 0.6 is 12.2 Å². The lowest BCUT2D eigenvalue weighted by molar-refractivity contribution is 0.0973. The first-order valence-corrected chi connectivity index (χ1v) is 9.76. The molecule has 4 nitrogen and oxygen atoms in total. The van der Waals surface area contributed by atoms with Crippen LogP contribution in [0.25, 0.3) is 10.8 Å². The summed E-state index contributed by atoms with van der Waals surface area (Å²) in [4.78, 5) is 12.7. The molecule has 5 heteroatoms. The van der Waals surface area contributed by atoms with Crippen molar-refractivity contribution in [3.8, 4) is 5.75 Å². The van der Waals surface area contributed by atoms with Gasteiger partial charge in [-0.15, -0.1) is 0 Å². The average Bonchev–Trinajstić information content (AvgIpc) is 2.68. The molecule has 0 atom stereocenters. The van der Waals surface area contributed by atoms with Gasteiger partial charge in [0.2, 0.25) is 0 Å². The van der Waals surface area contributed by atoms with Crippen molar-refractivity contribution in [1.29, 1.82) is 0 Å². The highest BCUT2D eigenvalue weighted by Crippen LogP contribution is 2.20. The van der Waals surface area contributed by atoms with Gasteiger partial charge in [0.15, 0.2) is 5.11 Å². The number of benzene rings is 3. The van der Waals surface area contributed by atoms with Crippen molar-refractivity contribution >= 4 is 39.7 Å². The van der Waals surface area contributed by atoms with Crippen molar-refractivity contribution in [2.45, 2.75) is 20.3 Å². The van der Waals surface area contributed by atoms with E-state index in [0.29, 0.717) is 23.8 Å². The van der Waals surface area contributed by atoms with Gasteiger partial charge in [-0.25, -0.2) is 0 Å². The van der Waals surface area contributed by atoms with E-state index in [1.807, 2.05) is 48.5 Å². The Morgan fingerprint density at radius 1 is 1.00 bits per heavy atom. The SMILES string of the molecule is CC(C)CCOc1ccccc1C(=O)NC(=S)Nc1ccc2ccccc2c1. The van der Waals surface area contributed by atoms with E-state index < -0.39 is 0 Å². The van der Waals surface area contributed by atoms with Gasteiger partial charge in [-0.3, -0.25) is 10.1 Å². The van der Waals surface area contributed by atoms with Gasteiger partial charge in [-0.05, 0) is 59.6 Å². The highest BCUT2D eigenvalue weighted by molar-refractivity contribution is 7.80. The van der Waals surface area contributed by atoms with Crippen molar-refractivity contribution in [3.05, 3.63) is 72.3 Å². The van der Waals surface area contributed by atoms with Crippen molar-refractivity contribution in [2.75, 3.05) is 11.9 Å². The number of ether oxygens (including phenoxy) is 1. The molecule has 0 saturated carbocycles. The van der Waals surface area contributed by atoms with Crippen molar-refractivity contribution in [1.82, 2.24) is 5.32 Å². The maximum Gasteiger partial charge on any atom is 0.261 e. The maximum atomic E-state index is 12.7. The zero-order chi connectivity index (χ0) is 19.9. The Hall–Kier alpha value is -2.92. The molecular weight excluding hydrogens is 368 g/mol. The Bertz CT molecular complexity index is 985. The Morgan fingerprint density at radius 3 is 2.50 bits per heavy atom. The largest absolute Gasteiger partial charge is 0.493 e. The zero-order valence-electron chi connectivity index (χ0n) is 16.1. The third-order valence-electron chi connectivity index (χ3n) is 4.32. The van der Waals surface area contributed by atoms with E-state index in [4.69, 9.17) is 17.0 Å². The first kappa shape index (κ1) is 19.8. The van der Waals surface area contributed by atoms with Crippen LogP contribution in [0.5, 0.6) is 5.75 Å². The third-order valence-corrected chi connectivity index (χ3v) is 4.52. The summed E-state index contributed by atoms with van der Waals surface area (Å²) < 4.78 is 5.79. The van der Waals surface area contributed by atoms with Crippen molar-refractivity contribution in [2.24, 2.45) is 5.92 Å². The molecule has 2 N–H and O–H groups in total. The van der Waals surface area contributed by atoms with Gasteiger partial charge in [-0.1, -0.05) is 56.3 Å². The summed E-state index contributed by atoms with van der Waals surface area (Å²) in [5.41, 5.74) is 1.29. The lowest BCUT2D eigenvalue weighted by atomic mass is 10.1. The number of thiocarbonyl (C=S) groups is 1. The fourth-order valence-electron chi connectivity index (χ4n) is 2.78. The summed E-state index contributed by atoms with van der Waals surface area (Å²) in [6, 6.07) is 21.2. The van der Waals surface area contributed by atoms with Crippen LogP contribution in [0.3, 0.4) is 0 Å². The predicted molar refractivity (Wildman–Crippen MR) is 119 cm³/mol. The van der Waals surface area contributed by atoms with Gasteiger partial charge in [0, 0.05) is 5.69 Å². The van der Waals surface area contributed by atoms with Crippen molar-refractivity contribution < 1.29 is 9.53 Å². The number of para-hydroxylation sites is 1. The summed E-state index contributed by atoms with van der Waals surface area (Å²) in [7, 11) is 0. The van der Waals surface area contributed by atoms with Gasteiger partial charge in [0.25, 0.3) is 5.91 Å². The number of amides is 1. The molecule has 0 heterocycles. The monoisotopic (exact) mass is 392 g/mol. The molecule has 0 unspecified atom stereocenters. The second-order valence-electron chi connectivity index (χ2n) is 7.00. The van der Waals surface area contributed by atoms with E-state index in [9.17, 15) is 4.79 Å².